The van der Waals surface area contributed by atoms with Crippen molar-refractivity contribution < 1.29 is 49.0 Å². The van der Waals surface area contributed by atoms with Gasteiger partial charge in [-0.05, 0) is 58.9 Å². The first-order valence-corrected chi connectivity index (χ1v) is 20.8. The van der Waals surface area contributed by atoms with Crippen LogP contribution < -0.4 is 24.8 Å². The molecule has 0 nitrogen and oxygen atoms in total. The summed E-state index contributed by atoms with van der Waals surface area (Å²) in [5.41, 5.74) is 19.1. The van der Waals surface area contributed by atoms with Crippen molar-refractivity contribution in [3.8, 4) is 33.4 Å². The first kappa shape index (κ1) is 45.7. The Morgan fingerprint density at radius 3 is 1.60 bits per heavy atom. The molecule has 3 heteroatoms. The summed E-state index contributed by atoms with van der Waals surface area (Å²) in [6, 6.07) is 60.2. The van der Waals surface area contributed by atoms with E-state index in [9.17, 15) is 0 Å². The van der Waals surface area contributed by atoms with Gasteiger partial charge in [0.15, 0.2) is 0 Å². The number of fused-ring (bicyclic) bond motifs is 3. The molecule has 0 atom stereocenters. The maximum atomic E-state index is 3.93. The van der Waals surface area contributed by atoms with Crippen LogP contribution in [0.1, 0.15) is 86.1 Å². The maximum Gasteiger partial charge on any atom is -0.172 e. The number of halogens is 2. The summed E-state index contributed by atoms with van der Waals surface area (Å²) in [6.45, 7) is 18.4. The van der Waals surface area contributed by atoms with Crippen molar-refractivity contribution in [1.82, 2.24) is 0 Å². The largest absolute Gasteiger partial charge is 0.214 e. The molecule has 1 aliphatic carbocycles. The summed E-state index contributed by atoms with van der Waals surface area (Å²) in [6.07, 6.45) is 2.01. The van der Waals surface area contributed by atoms with Crippen LogP contribution in [0.4, 0.5) is 0 Å². The molecule has 0 bridgehead atoms. The van der Waals surface area contributed by atoms with E-state index in [-0.39, 0.29) is 35.6 Å². The minimum atomic E-state index is 0. The Morgan fingerprint density at radius 1 is 0.561 bits per heavy atom. The topological polar surface area (TPSA) is 0 Å². The standard InChI is InChI=1S/C35H37.C14H12.C5H5.2ClH.Zr/c1-22-13-9-11-15-26(22)30-18-24-17-25-19-31(27-16-12-10-14-23(27)2)33(35(6,7)8)21-29(25)28(24)20-32(30)34(3,4)5;1-3-7-13(8-4-1)11-12-14-9-5-2-6-10-14;1-2-4-5-3-1;;;/h9-16,18,20-21H,17H2,1-8H3;1-10H,11H2;1-5H;2*1H;/q-1;;-1;;;+2/p-2. The number of hydrogen-bond donors (Lipinski definition) is 0. The summed E-state index contributed by atoms with van der Waals surface area (Å²) in [4.78, 5) is 0. The van der Waals surface area contributed by atoms with E-state index >= 15 is 0 Å². The quantitative estimate of drug-likeness (QED) is 0.154. The van der Waals surface area contributed by atoms with Crippen LogP contribution in [0.25, 0.3) is 33.4 Å². The Morgan fingerprint density at radius 2 is 1.07 bits per heavy atom. The summed E-state index contributed by atoms with van der Waals surface area (Å²) in [5.74, 6) is 0. The normalized spacial score (nSPS) is 11.3. The van der Waals surface area contributed by atoms with Crippen LogP contribution in [0.5, 0.6) is 0 Å². The van der Waals surface area contributed by atoms with Gasteiger partial charge in [-0.3, -0.25) is 0 Å². The molecule has 0 heterocycles. The molecule has 0 amide bonds. The molecule has 0 spiro atoms. The minimum Gasteiger partial charge on any atom is -0.214 e. The number of hydrogen-bond acceptors (Lipinski definition) is 0. The van der Waals surface area contributed by atoms with Gasteiger partial charge in [-0.25, -0.2) is 12.1 Å². The Bertz CT molecular complexity index is 2230. The van der Waals surface area contributed by atoms with Crippen molar-refractivity contribution in [2.24, 2.45) is 0 Å². The molecule has 0 saturated carbocycles. The van der Waals surface area contributed by atoms with E-state index in [4.69, 9.17) is 0 Å². The molecule has 290 valence electrons. The van der Waals surface area contributed by atoms with Crippen molar-refractivity contribution in [2.75, 3.05) is 0 Å². The predicted molar refractivity (Wildman–Crippen MR) is 234 cm³/mol. The molecule has 0 aromatic heterocycles. The average molecular weight is 865 g/mol. The van der Waals surface area contributed by atoms with Crippen molar-refractivity contribution in [3.05, 3.63) is 208 Å². The van der Waals surface area contributed by atoms with Gasteiger partial charge in [0.05, 0.1) is 0 Å². The summed E-state index contributed by atoms with van der Waals surface area (Å²) in [7, 11) is 0. The molecule has 0 saturated heterocycles. The predicted octanol–water partition coefficient (Wildman–Crippen LogP) is 8.01. The molecule has 7 aromatic carbocycles. The van der Waals surface area contributed by atoms with Crippen molar-refractivity contribution in [2.45, 2.75) is 79.1 Å². The Labute approximate surface area is 370 Å². The fourth-order valence-electron chi connectivity index (χ4n) is 7.44. The van der Waals surface area contributed by atoms with Gasteiger partial charge in [-0.2, -0.15) is 18.2 Å². The van der Waals surface area contributed by atoms with Gasteiger partial charge in [-0.15, -0.1) is 28.8 Å². The second-order valence-electron chi connectivity index (χ2n) is 16.8. The Hall–Kier alpha value is -4.00. The van der Waals surface area contributed by atoms with Crippen LogP contribution in [-0.2, 0) is 47.9 Å². The van der Waals surface area contributed by atoms with Gasteiger partial charge in [0.2, 0.25) is 0 Å². The van der Waals surface area contributed by atoms with Crippen molar-refractivity contribution >= 4 is 3.21 Å². The molecular formula is C54H54Cl2Zr-2. The molecule has 0 fully saturated rings. The number of rotatable bonds is 5. The average Bonchev–Trinajstić information content (AvgIpc) is 3.87. The molecule has 0 unspecified atom stereocenters. The van der Waals surface area contributed by atoms with Crippen LogP contribution in [0.15, 0.2) is 158 Å². The van der Waals surface area contributed by atoms with E-state index in [1.165, 1.54) is 105 Å². The maximum absolute atomic E-state index is 3.93. The summed E-state index contributed by atoms with van der Waals surface area (Å²) < 4.78 is 1.51. The third-order valence-corrected chi connectivity index (χ3v) is 11.6. The molecule has 7 aromatic rings. The SMILES string of the molecule is Cc1ccccc1-c1[c-]c2c(cc1C(C)(C)C)-c1cc(C(C)(C)C)c(-c3ccccc3C)cc1C2.[Cl-].[Cl-].[Zr+2]=[C](Cc1ccccc1)c1ccccc1.c1cc[cH-]c1. The first-order valence-electron chi connectivity index (χ1n) is 19.5. The van der Waals surface area contributed by atoms with E-state index in [1.54, 1.807) is 0 Å². The molecule has 8 rings (SSSR count). The zero-order chi connectivity index (χ0) is 39.2. The second-order valence-corrected chi connectivity index (χ2v) is 18.3. The van der Waals surface area contributed by atoms with Crippen LogP contribution >= 0.6 is 0 Å². The Kier molecular flexibility index (Phi) is 16.1. The second kappa shape index (κ2) is 20.1. The third-order valence-electron chi connectivity index (χ3n) is 10.4. The smallest absolute Gasteiger partial charge is 0.172 e. The number of benzene rings is 6. The van der Waals surface area contributed by atoms with Crippen LogP contribution in [0.2, 0.25) is 0 Å². The van der Waals surface area contributed by atoms with Gasteiger partial charge in [0.1, 0.15) is 0 Å². The minimum absolute atomic E-state index is 0. The molecule has 1 aliphatic rings. The monoisotopic (exact) mass is 862 g/mol. The van der Waals surface area contributed by atoms with E-state index < -0.39 is 0 Å². The third kappa shape index (κ3) is 11.4. The van der Waals surface area contributed by atoms with E-state index in [0.717, 1.165) is 12.8 Å². The van der Waals surface area contributed by atoms with Crippen molar-refractivity contribution in [1.29, 1.82) is 0 Å². The van der Waals surface area contributed by atoms with Gasteiger partial charge in [0.25, 0.3) is 0 Å². The Balaban J connectivity index is 0.000000270. The van der Waals surface area contributed by atoms with E-state index in [0.29, 0.717) is 0 Å². The fraction of sp³-hybridized carbons (Fsp3) is 0.222. The molecular weight excluding hydrogens is 811 g/mol. The van der Waals surface area contributed by atoms with E-state index in [2.05, 4.69) is 189 Å². The van der Waals surface area contributed by atoms with Gasteiger partial charge in [0, 0.05) is 0 Å². The summed E-state index contributed by atoms with van der Waals surface area (Å²) in [5, 5.41) is 0. The zero-order valence-electron chi connectivity index (χ0n) is 34.7. The zero-order valence-corrected chi connectivity index (χ0v) is 38.7. The molecule has 57 heavy (non-hydrogen) atoms. The van der Waals surface area contributed by atoms with E-state index in [1.807, 2.05) is 30.3 Å². The van der Waals surface area contributed by atoms with Gasteiger partial charge >= 0.3 is 106 Å². The molecule has 0 radical (unpaired) electrons. The molecule has 0 N–H and O–H groups in total. The first-order chi connectivity index (χ1) is 26.3. The number of aryl methyl sites for hydroxylation is 2. The summed E-state index contributed by atoms with van der Waals surface area (Å²) >= 11 is 1.50. The van der Waals surface area contributed by atoms with Gasteiger partial charge in [-0.1, -0.05) is 124 Å². The van der Waals surface area contributed by atoms with Crippen molar-refractivity contribution in [3.63, 3.8) is 0 Å². The van der Waals surface area contributed by atoms with Gasteiger partial charge < -0.3 is 24.8 Å². The molecule has 0 aliphatic heterocycles. The van der Waals surface area contributed by atoms with Crippen LogP contribution in [-0.4, -0.2) is 3.21 Å². The van der Waals surface area contributed by atoms with Crippen LogP contribution in [0, 0.1) is 19.9 Å². The fourth-order valence-corrected chi connectivity index (χ4v) is 8.35. The van der Waals surface area contributed by atoms with Crippen LogP contribution in [0.3, 0.4) is 0 Å².